The maximum absolute atomic E-state index is 5.66. The number of para-hydroxylation sites is 1. The van der Waals surface area contributed by atoms with Crippen LogP contribution in [-0.4, -0.2) is 20.0 Å². The molecule has 0 amide bonds. The average Bonchev–Trinajstić information content (AvgIpc) is 2.86. The molecule has 0 atom stereocenters. The Morgan fingerprint density at radius 2 is 2.06 bits per heavy atom. The van der Waals surface area contributed by atoms with Crippen LogP contribution in [0, 0.1) is 0 Å². The summed E-state index contributed by atoms with van der Waals surface area (Å²) in [5, 5.41) is 9.01. The smallest absolute Gasteiger partial charge is 0.0959 e. The molecule has 5 nitrogen and oxygen atoms in total. The molecule has 0 bridgehead atoms. The zero-order valence-corrected chi connectivity index (χ0v) is 9.11. The highest BCUT2D eigenvalue weighted by Crippen LogP contribution is 2.19. The van der Waals surface area contributed by atoms with Crippen LogP contribution in [0.1, 0.15) is 5.69 Å². The number of rotatable bonds is 2. The van der Waals surface area contributed by atoms with Crippen molar-refractivity contribution in [1.82, 2.24) is 20.0 Å². The van der Waals surface area contributed by atoms with Crippen LogP contribution in [0.4, 0.5) is 0 Å². The van der Waals surface area contributed by atoms with Gasteiger partial charge in [0.15, 0.2) is 0 Å². The molecule has 0 unspecified atom stereocenters. The number of fused-ring (bicyclic) bond motifs is 1. The Kier molecular flexibility index (Phi) is 2.31. The molecule has 0 saturated heterocycles. The van der Waals surface area contributed by atoms with Gasteiger partial charge in [0, 0.05) is 18.1 Å². The van der Waals surface area contributed by atoms with Crippen LogP contribution in [0.25, 0.3) is 16.6 Å². The molecule has 0 aliphatic heterocycles. The monoisotopic (exact) mass is 225 g/mol. The van der Waals surface area contributed by atoms with Crippen molar-refractivity contribution in [3.05, 3.63) is 48.4 Å². The van der Waals surface area contributed by atoms with Crippen molar-refractivity contribution in [2.75, 3.05) is 0 Å². The van der Waals surface area contributed by atoms with Crippen LogP contribution in [0.2, 0.25) is 0 Å². The number of nitrogens with zero attached hydrogens (tertiary/aromatic N) is 4. The molecule has 3 rings (SSSR count). The van der Waals surface area contributed by atoms with Crippen LogP contribution in [-0.2, 0) is 6.54 Å². The van der Waals surface area contributed by atoms with Gasteiger partial charge < -0.3 is 5.73 Å². The predicted octanol–water partition coefficient (Wildman–Crippen LogP) is 1.27. The fourth-order valence-electron chi connectivity index (χ4n) is 1.86. The summed E-state index contributed by atoms with van der Waals surface area (Å²) < 4.78 is 1.73. The van der Waals surface area contributed by atoms with Gasteiger partial charge in [-0.3, -0.25) is 4.98 Å². The molecular formula is C12H11N5. The van der Waals surface area contributed by atoms with Gasteiger partial charge in [0.2, 0.25) is 0 Å². The van der Waals surface area contributed by atoms with Gasteiger partial charge in [0.25, 0.3) is 0 Å². The summed E-state index contributed by atoms with van der Waals surface area (Å²) >= 11 is 0. The van der Waals surface area contributed by atoms with Crippen molar-refractivity contribution in [3.8, 4) is 5.69 Å². The van der Waals surface area contributed by atoms with Crippen molar-refractivity contribution in [3.63, 3.8) is 0 Å². The van der Waals surface area contributed by atoms with Gasteiger partial charge in [0.05, 0.1) is 23.1 Å². The molecule has 0 saturated carbocycles. The first-order valence-corrected chi connectivity index (χ1v) is 5.34. The van der Waals surface area contributed by atoms with Crippen LogP contribution in [0.15, 0.2) is 42.7 Å². The van der Waals surface area contributed by atoms with Crippen molar-refractivity contribution in [1.29, 1.82) is 0 Å². The molecule has 0 radical (unpaired) electrons. The van der Waals surface area contributed by atoms with E-state index in [2.05, 4.69) is 15.3 Å². The number of aromatic nitrogens is 4. The van der Waals surface area contributed by atoms with Gasteiger partial charge in [-0.2, -0.15) is 0 Å². The minimum absolute atomic E-state index is 0.399. The molecule has 2 aromatic heterocycles. The highest BCUT2D eigenvalue weighted by Gasteiger charge is 2.08. The lowest BCUT2D eigenvalue weighted by Gasteiger charge is -2.07. The van der Waals surface area contributed by atoms with E-state index in [4.69, 9.17) is 5.73 Å². The van der Waals surface area contributed by atoms with Gasteiger partial charge in [-0.05, 0) is 12.1 Å². The lowest BCUT2D eigenvalue weighted by atomic mass is 10.2. The summed E-state index contributed by atoms with van der Waals surface area (Å²) in [5.41, 5.74) is 8.32. The van der Waals surface area contributed by atoms with Crippen LogP contribution in [0.3, 0.4) is 0 Å². The fourth-order valence-corrected chi connectivity index (χ4v) is 1.86. The Morgan fingerprint density at radius 1 is 1.18 bits per heavy atom. The molecule has 0 fully saturated rings. The summed E-state index contributed by atoms with van der Waals surface area (Å²) in [4.78, 5) is 4.38. The van der Waals surface area contributed by atoms with E-state index in [0.717, 1.165) is 22.3 Å². The van der Waals surface area contributed by atoms with E-state index < -0.39 is 0 Å². The van der Waals surface area contributed by atoms with Crippen LogP contribution < -0.4 is 5.73 Å². The molecule has 2 N–H and O–H groups in total. The third-order valence-corrected chi connectivity index (χ3v) is 2.67. The highest BCUT2D eigenvalue weighted by molar-refractivity contribution is 5.86. The second kappa shape index (κ2) is 3.95. The van der Waals surface area contributed by atoms with Crippen molar-refractivity contribution in [2.24, 2.45) is 5.73 Å². The summed E-state index contributed by atoms with van der Waals surface area (Å²) in [7, 11) is 0. The Balaban J connectivity index is 2.31. The number of hydrogen-bond donors (Lipinski definition) is 1. The van der Waals surface area contributed by atoms with E-state index in [-0.39, 0.29) is 0 Å². The third kappa shape index (κ3) is 1.57. The normalized spacial score (nSPS) is 10.9. The zero-order valence-electron chi connectivity index (χ0n) is 9.11. The summed E-state index contributed by atoms with van der Waals surface area (Å²) in [6, 6.07) is 9.89. The van der Waals surface area contributed by atoms with E-state index in [0.29, 0.717) is 6.54 Å². The first-order chi connectivity index (χ1) is 8.40. The lowest BCUT2D eigenvalue weighted by molar-refractivity contribution is 0.764. The van der Waals surface area contributed by atoms with Gasteiger partial charge >= 0.3 is 0 Å². The second-order valence-electron chi connectivity index (χ2n) is 3.69. The average molecular weight is 225 g/mol. The molecule has 2 heterocycles. The van der Waals surface area contributed by atoms with E-state index in [1.54, 1.807) is 17.1 Å². The molecule has 84 valence electrons. The molecule has 0 aliphatic carbocycles. The third-order valence-electron chi connectivity index (χ3n) is 2.67. The van der Waals surface area contributed by atoms with Crippen molar-refractivity contribution in [2.45, 2.75) is 6.54 Å². The zero-order chi connectivity index (χ0) is 11.7. The second-order valence-corrected chi connectivity index (χ2v) is 3.69. The van der Waals surface area contributed by atoms with Crippen LogP contribution >= 0.6 is 0 Å². The largest absolute Gasteiger partial charge is 0.325 e. The van der Waals surface area contributed by atoms with E-state index >= 15 is 0 Å². The fraction of sp³-hybridized carbons (Fsp3) is 0.0833. The number of benzene rings is 1. The predicted molar refractivity (Wildman–Crippen MR) is 64.6 cm³/mol. The highest BCUT2D eigenvalue weighted by atomic mass is 15.4. The minimum Gasteiger partial charge on any atom is -0.325 e. The van der Waals surface area contributed by atoms with E-state index in [1.165, 1.54) is 0 Å². The molecule has 17 heavy (non-hydrogen) atoms. The molecular weight excluding hydrogens is 214 g/mol. The van der Waals surface area contributed by atoms with Gasteiger partial charge in [-0.25, -0.2) is 4.68 Å². The molecule has 0 spiro atoms. The topological polar surface area (TPSA) is 69.6 Å². The molecule has 3 aromatic rings. The van der Waals surface area contributed by atoms with Gasteiger partial charge in [0.1, 0.15) is 0 Å². The Bertz CT molecular complexity index is 653. The Morgan fingerprint density at radius 3 is 2.94 bits per heavy atom. The molecule has 0 aliphatic rings. The van der Waals surface area contributed by atoms with Gasteiger partial charge in [-0.15, -0.1) is 5.10 Å². The van der Waals surface area contributed by atoms with E-state index in [9.17, 15) is 0 Å². The Hall–Kier alpha value is -2.27. The van der Waals surface area contributed by atoms with Gasteiger partial charge in [-0.1, -0.05) is 23.4 Å². The maximum atomic E-state index is 5.66. The van der Waals surface area contributed by atoms with Crippen molar-refractivity contribution < 1.29 is 0 Å². The molecule has 1 aromatic carbocycles. The number of pyridine rings is 1. The summed E-state index contributed by atoms with van der Waals surface area (Å²) in [6.45, 7) is 0.399. The quantitative estimate of drug-likeness (QED) is 0.713. The summed E-state index contributed by atoms with van der Waals surface area (Å²) in [5.74, 6) is 0. The maximum Gasteiger partial charge on any atom is 0.0959 e. The lowest BCUT2D eigenvalue weighted by Crippen LogP contribution is -2.07. The standard InChI is InChI=1S/C12H11N5/c13-7-10-8-15-16-17(10)11-5-1-3-9-4-2-6-14-12(9)11/h1-6,8H,7,13H2. The number of hydrogen-bond acceptors (Lipinski definition) is 4. The Labute approximate surface area is 97.9 Å². The SMILES string of the molecule is NCc1cnnn1-c1cccc2cccnc12. The molecule has 5 heteroatoms. The summed E-state index contributed by atoms with van der Waals surface area (Å²) in [6.07, 6.45) is 3.44. The number of nitrogens with two attached hydrogens (primary N) is 1. The van der Waals surface area contributed by atoms with E-state index in [1.807, 2.05) is 30.3 Å². The first kappa shape index (κ1) is 9.92. The van der Waals surface area contributed by atoms with Crippen LogP contribution in [0.5, 0.6) is 0 Å². The minimum atomic E-state index is 0.399. The van der Waals surface area contributed by atoms with Crippen molar-refractivity contribution >= 4 is 10.9 Å². The first-order valence-electron chi connectivity index (χ1n) is 5.34.